The average molecular weight is 187 g/mol. The van der Waals surface area contributed by atoms with Gasteiger partial charge in [-0.3, -0.25) is 0 Å². The molecule has 0 amide bonds. The Hall–Kier alpha value is -1.24. The number of H-pyrrole nitrogens is 1. The highest BCUT2D eigenvalue weighted by Crippen LogP contribution is 2.23. The van der Waals surface area contributed by atoms with Crippen molar-refractivity contribution in [2.75, 3.05) is 0 Å². The number of hydrogen-bond donors (Lipinski definition) is 1. The van der Waals surface area contributed by atoms with E-state index in [9.17, 15) is 0 Å². The van der Waals surface area contributed by atoms with Crippen LogP contribution in [0.15, 0.2) is 18.2 Å². The van der Waals surface area contributed by atoms with Gasteiger partial charge < -0.3 is 4.98 Å². The highest BCUT2D eigenvalue weighted by molar-refractivity contribution is 5.85. The first-order valence-electron chi connectivity index (χ1n) is 5.36. The molecule has 0 aliphatic rings. The van der Waals surface area contributed by atoms with Gasteiger partial charge in [-0.05, 0) is 37.0 Å². The molecular weight excluding hydrogens is 170 g/mol. The predicted molar refractivity (Wildman–Crippen MR) is 61.8 cm³/mol. The van der Waals surface area contributed by atoms with E-state index in [1.807, 2.05) is 0 Å². The lowest BCUT2D eigenvalue weighted by molar-refractivity contribution is 1.05. The van der Waals surface area contributed by atoms with Crippen molar-refractivity contribution in [3.05, 3.63) is 35.0 Å². The van der Waals surface area contributed by atoms with Crippen LogP contribution in [0.25, 0.3) is 10.9 Å². The second-order valence-corrected chi connectivity index (χ2v) is 3.82. The molecule has 0 aliphatic carbocycles. The van der Waals surface area contributed by atoms with Crippen LogP contribution >= 0.6 is 0 Å². The monoisotopic (exact) mass is 187 g/mol. The fourth-order valence-electron chi connectivity index (χ4n) is 2.01. The fourth-order valence-corrected chi connectivity index (χ4v) is 2.01. The third-order valence-corrected chi connectivity index (χ3v) is 2.99. The van der Waals surface area contributed by atoms with Gasteiger partial charge in [-0.1, -0.05) is 26.0 Å². The summed E-state index contributed by atoms with van der Waals surface area (Å²) in [6, 6.07) is 6.73. The zero-order valence-corrected chi connectivity index (χ0v) is 9.15. The van der Waals surface area contributed by atoms with Crippen molar-refractivity contribution in [1.82, 2.24) is 4.98 Å². The first kappa shape index (κ1) is 9.32. The van der Waals surface area contributed by atoms with Crippen molar-refractivity contribution in [3.63, 3.8) is 0 Å². The van der Waals surface area contributed by atoms with Gasteiger partial charge in [-0.2, -0.15) is 0 Å². The Morgan fingerprint density at radius 3 is 2.57 bits per heavy atom. The summed E-state index contributed by atoms with van der Waals surface area (Å²) in [4.78, 5) is 3.49. The molecular formula is C13H17N. The third-order valence-electron chi connectivity index (χ3n) is 2.99. The van der Waals surface area contributed by atoms with E-state index in [0.29, 0.717) is 0 Å². The van der Waals surface area contributed by atoms with E-state index in [4.69, 9.17) is 0 Å². The molecule has 1 aromatic carbocycles. The van der Waals surface area contributed by atoms with Crippen molar-refractivity contribution < 1.29 is 0 Å². The standard InChI is InChI=1S/C13H17N/c1-4-10-6-7-11-9(3)12(5-2)14-13(11)8-10/h6-8,14H,4-5H2,1-3H3. The summed E-state index contributed by atoms with van der Waals surface area (Å²) in [5.74, 6) is 0. The maximum atomic E-state index is 3.49. The first-order valence-corrected chi connectivity index (χ1v) is 5.36. The van der Waals surface area contributed by atoms with Crippen LogP contribution in [0.2, 0.25) is 0 Å². The Bertz CT molecular complexity index is 451. The predicted octanol–water partition coefficient (Wildman–Crippen LogP) is 3.60. The number of aryl methyl sites for hydroxylation is 3. The molecule has 2 aromatic rings. The SMILES string of the molecule is CCc1ccc2c(C)c(CC)[nH]c2c1. The minimum absolute atomic E-state index is 1.09. The van der Waals surface area contributed by atoms with Gasteiger partial charge in [0.05, 0.1) is 0 Å². The smallest absolute Gasteiger partial charge is 0.0461 e. The number of aromatic amines is 1. The average Bonchev–Trinajstić information content (AvgIpc) is 2.55. The number of nitrogens with one attached hydrogen (secondary N) is 1. The zero-order valence-electron chi connectivity index (χ0n) is 9.15. The number of benzene rings is 1. The molecule has 0 radical (unpaired) electrons. The van der Waals surface area contributed by atoms with Crippen LogP contribution < -0.4 is 0 Å². The lowest BCUT2D eigenvalue weighted by atomic mass is 10.1. The molecule has 0 spiro atoms. The molecule has 0 saturated carbocycles. The summed E-state index contributed by atoms with van der Waals surface area (Å²) in [6.45, 7) is 6.58. The van der Waals surface area contributed by atoms with Crippen molar-refractivity contribution >= 4 is 10.9 Å². The van der Waals surface area contributed by atoms with Crippen LogP contribution in [0.5, 0.6) is 0 Å². The highest BCUT2D eigenvalue weighted by Gasteiger charge is 2.05. The van der Waals surface area contributed by atoms with E-state index in [0.717, 1.165) is 12.8 Å². The van der Waals surface area contributed by atoms with E-state index < -0.39 is 0 Å². The van der Waals surface area contributed by atoms with Gasteiger partial charge in [0.15, 0.2) is 0 Å². The van der Waals surface area contributed by atoms with Crippen LogP contribution in [0.1, 0.15) is 30.7 Å². The number of hydrogen-bond acceptors (Lipinski definition) is 0. The molecule has 0 unspecified atom stereocenters. The van der Waals surface area contributed by atoms with Crippen LogP contribution in [-0.4, -0.2) is 4.98 Å². The first-order chi connectivity index (χ1) is 6.76. The van der Waals surface area contributed by atoms with Gasteiger partial charge in [0, 0.05) is 16.6 Å². The summed E-state index contributed by atoms with van der Waals surface area (Å²) in [5.41, 5.74) is 5.47. The van der Waals surface area contributed by atoms with Crippen molar-refractivity contribution in [1.29, 1.82) is 0 Å². The number of rotatable bonds is 2. The fraction of sp³-hybridized carbons (Fsp3) is 0.385. The molecule has 0 aliphatic heterocycles. The van der Waals surface area contributed by atoms with Crippen LogP contribution in [0.4, 0.5) is 0 Å². The van der Waals surface area contributed by atoms with Crippen molar-refractivity contribution in [3.8, 4) is 0 Å². The maximum absolute atomic E-state index is 3.49. The minimum atomic E-state index is 1.09. The molecule has 1 N–H and O–H groups in total. The molecule has 0 atom stereocenters. The maximum Gasteiger partial charge on any atom is 0.0461 e. The minimum Gasteiger partial charge on any atom is -0.358 e. The van der Waals surface area contributed by atoms with Crippen molar-refractivity contribution in [2.45, 2.75) is 33.6 Å². The molecule has 1 heterocycles. The summed E-state index contributed by atoms with van der Waals surface area (Å²) in [6.07, 6.45) is 2.19. The third kappa shape index (κ3) is 1.33. The van der Waals surface area contributed by atoms with Crippen LogP contribution in [-0.2, 0) is 12.8 Å². The lowest BCUT2D eigenvalue weighted by Gasteiger charge is -1.96. The van der Waals surface area contributed by atoms with Gasteiger partial charge in [0.25, 0.3) is 0 Å². The Balaban J connectivity index is 2.66. The largest absolute Gasteiger partial charge is 0.358 e. The molecule has 2 rings (SSSR count). The van der Waals surface area contributed by atoms with Gasteiger partial charge in [-0.25, -0.2) is 0 Å². The Morgan fingerprint density at radius 1 is 1.14 bits per heavy atom. The summed E-state index contributed by atoms with van der Waals surface area (Å²) >= 11 is 0. The highest BCUT2D eigenvalue weighted by atomic mass is 14.7. The van der Waals surface area contributed by atoms with E-state index in [1.165, 1.54) is 27.7 Å². The van der Waals surface area contributed by atoms with Crippen LogP contribution in [0, 0.1) is 6.92 Å². The molecule has 1 nitrogen and oxygen atoms in total. The van der Waals surface area contributed by atoms with Crippen LogP contribution in [0.3, 0.4) is 0 Å². The van der Waals surface area contributed by atoms with Gasteiger partial charge >= 0.3 is 0 Å². The Kier molecular flexibility index (Phi) is 2.32. The molecule has 1 heteroatoms. The van der Waals surface area contributed by atoms with Gasteiger partial charge in [0.1, 0.15) is 0 Å². The molecule has 0 fully saturated rings. The normalized spacial score (nSPS) is 11.1. The molecule has 0 bridgehead atoms. The van der Waals surface area contributed by atoms with E-state index in [2.05, 4.69) is 44.0 Å². The summed E-state index contributed by atoms with van der Waals surface area (Å²) in [7, 11) is 0. The second-order valence-electron chi connectivity index (χ2n) is 3.82. The second kappa shape index (κ2) is 3.49. The topological polar surface area (TPSA) is 15.8 Å². The number of aromatic nitrogens is 1. The molecule has 74 valence electrons. The van der Waals surface area contributed by atoms with Crippen molar-refractivity contribution in [2.24, 2.45) is 0 Å². The lowest BCUT2D eigenvalue weighted by Crippen LogP contribution is -1.80. The molecule has 1 aromatic heterocycles. The summed E-state index contributed by atoms with van der Waals surface area (Å²) < 4.78 is 0. The van der Waals surface area contributed by atoms with E-state index >= 15 is 0 Å². The Labute approximate surface area is 85.1 Å². The number of fused-ring (bicyclic) bond motifs is 1. The quantitative estimate of drug-likeness (QED) is 0.739. The Morgan fingerprint density at radius 2 is 1.93 bits per heavy atom. The van der Waals surface area contributed by atoms with E-state index in [1.54, 1.807) is 0 Å². The van der Waals surface area contributed by atoms with Gasteiger partial charge in [-0.15, -0.1) is 0 Å². The van der Waals surface area contributed by atoms with Gasteiger partial charge in [0.2, 0.25) is 0 Å². The molecule has 14 heavy (non-hydrogen) atoms. The zero-order chi connectivity index (χ0) is 10.1. The summed E-state index contributed by atoms with van der Waals surface area (Å²) in [5, 5.41) is 1.37. The molecule has 0 saturated heterocycles. The van der Waals surface area contributed by atoms with E-state index in [-0.39, 0.29) is 0 Å².